The van der Waals surface area contributed by atoms with Crippen molar-refractivity contribution in [3.8, 4) is 5.69 Å². The molecule has 0 saturated heterocycles. The summed E-state index contributed by atoms with van der Waals surface area (Å²) >= 11 is 12.2. The van der Waals surface area contributed by atoms with E-state index in [9.17, 15) is 9.59 Å². The first kappa shape index (κ1) is 16.5. The second-order valence-corrected chi connectivity index (χ2v) is 5.62. The van der Waals surface area contributed by atoms with Crippen LogP contribution in [0.25, 0.3) is 16.6 Å². The fourth-order valence-electron chi connectivity index (χ4n) is 2.52. The maximum Gasteiger partial charge on any atom is 0.339 e. The van der Waals surface area contributed by atoms with Gasteiger partial charge in [-0.1, -0.05) is 29.8 Å². The van der Waals surface area contributed by atoms with Crippen LogP contribution in [0.2, 0.25) is 5.02 Å². The normalized spacial score (nSPS) is 10.8. The van der Waals surface area contributed by atoms with E-state index in [1.807, 2.05) is 0 Å². The van der Waals surface area contributed by atoms with Crippen LogP contribution in [-0.2, 0) is 10.6 Å². The third kappa shape index (κ3) is 2.66. The Bertz CT molecular complexity index is 999. The van der Waals surface area contributed by atoms with Crippen LogP contribution in [-0.4, -0.2) is 22.6 Å². The second kappa shape index (κ2) is 6.63. The predicted molar refractivity (Wildman–Crippen MR) is 93.2 cm³/mol. The van der Waals surface area contributed by atoms with Gasteiger partial charge in [0.25, 0.3) is 5.56 Å². The van der Waals surface area contributed by atoms with E-state index in [4.69, 9.17) is 27.9 Å². The number of carbonyl (C=O) groups is 1. The minimum absolute atomic E-state index is 0.00675. The molecule has 0 N–H and O–H groups in total. The summed E-state index contributed by atoms with van der Waals surface area (Å²) < 4.78 is 6.09. The van der Waals surface area contributed by atoms with Gasteiger partial charge in [-0.15, -0.1) is 11.6 Å². The van der Waals surface area contributed by atoms with Gasteiger partial charge >= 0.3 is 5.97 Å². The molecule has 3 aromatic rings. The summed E-state index contributed by atoms with van der Waals surface area (Å²) in [6.45, 7) is 0. The number of aromatic nitrogens is 2. The van der Waals surface area contributed by atoms with E-state index in [0.29, 0.717) is 17.0 Å². The van der Waals surface area contributed by atoms with E-state index in [0.717, 1.165) is 0 Å². The monoisotopic (exact) mass is 362 g/mol. The molecule has 0 atom stereocenters. The number of benzene rings is 2. The third-order valence-electron chi connectivity index (χ3n) is 3.59. The van der Waals surface area contributed by atoms with Crippen molar-refractivity contribution >= 4 is 40.1 Å². The van der Waals surface area contributed by atoms with Crippen LogP contribution in [0.1, 0.15) is 16.2 Å². The highest BCUT2D eigenvalue weighted by Crippen LogP contribution is 2.22. The Labute approximate surface area is 147 Å². The van der Waals surface area contributed by atoms with Gasteiger partial charge in [0.1, 0.15) is 5.82 Å². The van der Waals surface area contributed by atoms with Crippen LogP contribution in [0.3, 0.4) is 0 Å². The lowest BCUT2D eigenvalue weighted by Crippen LogP contribution is -2.25. The predicted octanol–water partition coefficient (Wildman–Crippen LogP) is 3.56. The van der Waals surface area contributed by atoms with Crippen LogP contribution in [0.5, 0.6) is 0 Å². The molecule has 3 rings (SSSR count). The minimum atomic E-state index is -0.558. The summed E-state index contributed by atoms with van der Waals surface area (Å²) in [6, 6.07) is 11.6. The number of methoxy groups -OCH3 is 1. The number of nitrogens with zero attached hydrogens (tertiary/aromatic N) is 2. The number of ether oxygens (including phenoxy) is 1. The van der Waals surface area contributed by atoms with Crippen LogP contribution in [0.15, 0.2) is 47.3 Å². The smallest absolute Gasteiger partial charge is 0.339 e. The molecule has 0 fully saturated rings. The first-order valence-electron chi connectivity index (χ1n) is 7.02. The summed E-state index contributed by atoms with van der Waals surface area (Å²) in [6.07, 6.45) is 0. The fraction of sp³-hybridized carbons (Fsp3) is 0.118. The summed E-state index contributed by atoms with van der Waals surface area (Å²) in [5, 5.41) is 0.558. The molecular formula is C17H12Cl2N2O3. The Morgan fingerprint density at radius 3 is 2.67 bits per heavy atom. The topological polar surface area (TPSA) is 61.2 Å². The van der Waals surface area contributed by atoms with Crippen molar-refractivity contribution in [2.24, 2.45) is 0 Å². The van der Waals surface area contributed by atoms with Gasteiger partial charge in [0.2, 0.25) is 0 Å². The Balaban J connectivity index is 2.43. The van der Waals surface area contributed by atoms with Gasteiger partial charge < -0.3 is 4.74 Å². The van der Waals surface area contributed by atoms with E-state index >= 15 is 0 Å². The highest BCUT2D eigenvalue weighted by atomic mass is 35.5. The zero-order chi connectivity index (χ0) is 17.3. The number of fused-ring (bicyclic) bond motifs is 1. The number of para-hydroxylation sites is 1. The van der Waals surface area contributed by atoms with Gasteiger partial charge in [0.15, 0.2) is 0 Å². The average Bonchev–Trinajstić information content (AvgIpc) is 2.60. The summed E-state index contributed by atoms with van der Waals surface area (Å²) in [4.78, 5) is 29.5. The zero-order valence-electron chi connectivity index (χ0n) is 12.6. The Morgan fingerprint density at radius 2 is 1.96 bits per heavy atom. The fourth-order valence-corrected chi connectivity index (χ4v) is 2.95. The minimum Gasteiger partial charge on any atom is -0.465 e. The zero-order valence-corrected chi connectivity index (χ0v) is 14.1. The lowest BCUT2D eigenvalue weighted by atomic mass is 10.1. The van der Waals surface area contributed by atoms with Gasteiger partial charge in [-0.25, -0.2) is 9.78 Å². The van der Waals surface area contributed by atoms with E-state index in [1.165, 1.54) is 11.7 Å². The number of hydrogen-bond acceptors (Lipinski definition) is 4. The lowest BCUT2D eigenvalue weighted by molar-refractivity contribution is 0.0600. The van der Waals surface area contributed by atoms with Gasteiger partial charge in [-0.05, 0) is 24.3 Å². The number of carbonyl (C=O) groups excluding carboxylic acids is 1. The van der Waals surface area contributed by atoms with Crippen LogP contribution < -0.4 is 5.56 Å². The Hall–Kier alpha value is -2.37. The number of rotatable bonds is 3. The molecular weight excluding hydrogens is 351 g/mol. The maximum atomic E-state index is 13.0. The molecule has 0 unspecified atom stereocenters. The van der Waals surface area contributed by atoms with Gasteiger partial charge in [0, 0.05) is 0 Å². The van der Waals surface area contributed by atoms with Crippen LogP contribution in [0.4, 0.5) is 0 Å². The standard InChI is InChI=1S/C17H12Cl2N2O3/c1-24-17(23)10-5-2-3-8-13(10)21-14(9-18)20-12-7-4-6-11(19)15(12)16(21)22/h2-8H,9H2,1H3. The van der Waals surface area contributed by atoms with Crippen molar-refractivity contribution in [3.63, 3.8) is 0 Å². The summed E-state index contributed by atoms with van der Waals surface area (Å²) in [5.41, 5.74) is 0.647. The molecule has 2 aromatic carbocycles. The molecule has 0 spiro atoms. The van der Waals surface area contributed by atoms with Crippen molar-refractivity contribution < 1.29 is 9.53 Å². The summed E-state index contributed by atoms with van der Waals surface area (Å²) in [5.74, 6) is -0.252. The number of hydrogen-bond donors (Lipinski definition) is 0. The van der Waals surface area contributed by atoms with Gasteiger partial charge in [0.05, 0.1) is 40.2 Å². The molecule has 5 nitrogen and oxygen atoms in total. The largest absolute Gasteiger partial charge is 0.465 e. The maximum absolute atomic E-state index is 13.0. The number of alkyl halides is 1. The number of halogens is 2. The average molecular weight is 363 g/mol. The SMILES string of the molecule is COC(=O)c1ccccc1-n1c(CCl)nc2cccc(Cl)c2c1=O. The molecule has 0 saturated carbocycles. The second-order valence-electron chi connectivity index (χ2n) is 4.94. The van der Waals surface area contributed by atoms with E-state index < -0.39 is 11.5 Å². The van der Waals surface area contributed by atoms with Crippen molar-refractivity contribution in [1.29, 1.82) is 0 Å². The van der Waals surface area contributed by atoms with Crippen molar-refractivity contribution in [1.82, 2.24) is 9.55 Å². The number of esters is 1. The lowest BCUT2D eigenvalue weighted by Gasteiger charge is -2.15. The highest BCUT2D eigenvalue weighted by Gasteiger charge is 2.19. The Kier molecular flexibility index (Phi) is 4.55. The molecule has 0 amide bonds. The molecule has 1 heterocycles. The molecule has 1 aromatic heterocycles. The van der Waals surface area contributed by atoms with Crippen molar-refractivity contribution in [2.75, 3.05) is 7.11 Å². The molecule has 0 aliphatic heterocycles. The van der Waals surface area contributed by atoms with E-state index in [2.05, 4.69) is 4.98 Å². The van der Waals surface area contributed by atoms with E-state index in [1.54, 1.807) is 42.5 Å². The molecule has 0 aliphatic rings. The Morgan fingerprint density at radius 1 is 1.21 bits per heavy atom. The quantitative estimate of drug-likeness (QED) is 0.527. The third-order valence-corrected chi connectivity index (χ3v) is 4.14. The molecule has 0 aliphatic carbocycles. The van der Waals surface area contributed by atoms with Gasteiger partial charge in [-0.2, -0.15) is 0 Å². The van der Waals surface area contributed by atoms with Gasteiger partial charge in [-0.3, -0.25) is 9.36 Å². The summed E-state index contributed by atoms with van der Waals surface area (Å²) in [7, 11) is 1.28. The van der Waals surface area contributed by atoms with Crippen molar-refractivity contribution in [3.05, 3.63) is 69.2 Å². The van der Waals surface area contributed by atoms with Crippen LogP contribution in [0, 0.1) is 0 Å². The molecule has 0 bridgehead atoms. The van der Waals surface area contributed by atoms with Crippen molar-refractivity contribution in [2.45, 2.75) is 5.88 Å². The first-order chi connectivity index (χ1) is 11.6. The van der Waals surface area contributed by atoms with Crippen LogP contribution >= 0.6 is 23.2 Å². The van der Waals surface area contributed by atoms with E-state index in [-0.39, 0.29) is 21.9 Å². The molecule has 0 radical (unpaired) electrons. The molecule has 24 heavy (non-hydrogen) atoms. The molecule has 7 heteroatoms. The highest BCUT2D eigenvalue weighted by molar-refractivity contribution is 6.35. The molecule has 122 valence electrons. The first-order valence-corrected chi connectivity index (χ1v) is 7.93.